The van der Waals surface area contributed by atoms with Gasteiger partial charge in [-0.05, 0) is 36.8 Å². The summed E-state index contributed by atoms with van der Waals surface area (Å²) in [6.07, 6.45) is 6.12. The Morgan fingerprint density at radius 1 is 0.966 bits per heavy atom. The van der Waals surface area contributed by atoms with E-state index in [1.807, 2.05) is 55.5 Å². The maximum absolute atomic E-state index is 13.2. The second-order valence-corrected chi connectivity index (χ2v) is 7.90. The zero-order chi connectivity index (χ0) is 20.5. The topological polar surface area (TPSA) is 49.4 Å². The fourth-order valence-electron chi connectivity index (χ4n) is 4.14. The third kappa shape index (κ3) is 6.18. The normalized spacial score (nSPS) is 15.1. The van der Waals surface area contributed by atoms with E-state index in [1.165, 1.54) is 18.4 Å². The minimum atomic E-state index is -0.421. The van der Waals surface area contributed by atoms with Crippen molar-refractivity contribution in [1.82, 2.24) is 10.2 Å². The SMILES string of the molecule is CC[C@H](C(=O)NC1CCCC1)N(CCc1ccccc1)C(=O)Cc1ccccc1. The number of nitrogens with one attached hydrogen (secondary N) is 1. The molecule has 29 heavy (non-hydrogen) atoms. The molecule has 4 nitrogen and oxygen atoms in total. The Hall–Kier alpha value is -2.62. The third-order valence-electron chi connectivity index (χ3n) is 5.77. The van der Waals surface area contributed by atoms with Crippen LogP contribution in [0.2, 0.25) is 0 Å². The third-order valence-corrected chi connectivity index (χ3v) is 5.77. The molecule has 1 atom stereocenters. The van der Waals surface area contributed by atoms with Gasteiger partial charge in [0.15, 0.2) is 0 Å². The Morgan fingerprint density at radius 2 is 1.55 bits per heavy atom. The van der Waals surface area contributed by atoms with E-state index < -0.39 is 6.04 Å². The molecule has 2 aromatic rings. The molecule has 0 saturated heterocycles. The van der Waals surface area contributed by atoms with Crippen LogP contribution in [0.4, 0.5) is 0 Å². The van der Waals surface area contributed by atoms with Gasteiger partial charge >= 0.3 is 0 Å². The highest BCUT2D eigenvalue weighted by Crippen LogP contribution is 2.19. The van der Waals surface area contributed by atoms with Gasteiger partial charge in [-0.3, -0.25) is 9.59 Å². The average Bonchev–Trinajstić information content (AvgIpc) is 3.25. The number of hydrogen-bond donors (Lipinski definition) is 1. The molecule has 0 unspecified atom stereocenters. The van der Waals surface area contributed by atoms with Crippen LogP contribution in [0.1, 0.15) is 50.2 Å². The van der Waals surface area contributed by atoms with Crippen LogP contribution in [0.25, 0.3) is 0 Å². The van der Waals surface area contributed by atoms with Gasteiger partial charge in [0.25, 0.3) is 0 Å². The molecule has 1 aliphatic rings. The molecule has 1 aliphatic carbocycles. The summed E-state index contributed by atoms with van der Waals surface area (Å²) in [6.45, 7) is 2.54. The Morgan fingerprint density at radius 3 is 2.14 bits per heavy atom. The van der Waals surface area contributed by atoms with Crippen molar-refractivity contribution >= 4 is 11.8 Å². The summed E-state index contributed by atoms with van der Waals surface area (Å²) in [5.74, 6) is 0.00873. The molecule has 154 valence electrons. The van der Waals surface area contributed by atoms with Crippen LogP contribution >= 0.6 is 0 Å². The number of amides is 2. The van der Waals surface area contributed by atoms with E-state index in [9.17, 15) is 9.59 Å². The smallest absolute Gasteiger partial charge is 0.243 e. The molecule has 0 bridgehead atoms. The number of hydrogen-bond acceptors (Lipinski definition) is 2. The summed E-state index contributed by atoms with van der Waals surface area (Å²) in [4.78, 5) is 28.1. The molecule has 3 rings (SSSR count). The summed E-state index contributed by atoms with van der Waals surface area (Å²) in [7, 11) is 0. The number of carbonyl (C=O) groups excluding carboxylic acids is 2. The lowest BCUT2D eigenvalue weighted by atomic mass is 10.1. The minimum absolute atomic E-state index is 0.00567. The van der Waals surface area contributed by atoms with E-state index in [1.54, 1.807) is 4.90 Å². The zero-order valence-corrected chi connectivity index (χ0v) is 17.3. The van der Waals surface area contributed by atoms with Crippen molar-refractivity contribution in [3.8, 4) is 0 Å². The van der Waals surface area contributed by atoms with Crippen molar-refractivity contribution in [2.45, 2.75) is 64.0 Å². The fourth-order valence-corrected chi connectivity index (χ4v) is 4.14. The first-order valence-corrected chi connectivity index (χ1v) is 10.8. The first-order chi connectivity index (χ1) is 14.2. The highest BCUT2D eigenvalue weighted by Gasteiger charge is 2.30. The highest BCUT2D eigenvalue weighted by molar-refractivity contribution is 5.88. The molecular weight excluding hydrogens is 360 g/mol. The second kappa shape index (κ2) is 10.8. The molecule has 0 aromatic heterocycles. The molecule has 0 radical (unpaired) electrons. The maximum Gasteiger partial charge on any atom is 0.243 e. The summed E-state index contributed by atoms with van der Waals surface area (Å²) in [5.41, 5.74) is 2.16. The van der Waals surface area contributed by atoms with Gasteiger partial charge in [-0.2, -0.15) is 0 Å². The average molecular weight is 393 g/mol. The van der Waals surface area contributed by atoms with E-state index in [2.05, 4.69) is 17.4 Å². The van der Waals surface area contributed by atoms with E-state index in [4.69, 9.17) is 0 Å². The van der Waals surface area contributed by atoms with Crippen LogP contribution in [0.5, 0.6) is 0 Å². The standard InChI is InChI=1S/C25H32N2O2/c1-2-23(25(29)26-22-15-9-10-16-22)27(18-17-20-11-5-3-6-12-20)24(28)19-21-13-7-4-8-14-21/h3-8,11-14,22-23H,2,9-10,15-19H2,1H3,(H,26,29)/t23-/m1/s1. The van der Waals surface area contributed by atoms with Crippen molar-refractivity contribution in [1.29, 1.82) is 0 Å². The Labute approximate surface area is 174 Å². The summed E-state index contributed by atoms with van der Waals surface area (Å²) in [6, 6.07) is 19.8. The first-order valence-electron chi connectivity index (χ1n) is 10.8. The number of nitrogens with zero attached hydrogens (tertiary/aromatic N) is 1. The largest absolute Gasteiger partial charge is 0.352 e. The van der Waals surface area contributed by atoms with Gasteiger partial charge in [0.1, 0.15) is 6.04 Å². The predicted octanol–water partition coefficient (Wildman–Crippen LogP) is 4.14. The quantitative estimate of drug-likeness (QED) is 0.697. The van der Waals surface area contributed by atoms with Crippen molar-refractivity contribution in [2.24, 2.45) is 0 Å². The summed E-state index contributed by atoms with van der Waals surface area (Å²) in [5, 5.41) is 3.19. The van der Waals surface area contributed by atoms with Gasteiger partial charge in [-0.15, -0.1) is 0 Å². The van der Waals surface area contributed by atoms with Crippen molar-refractivity contribution in [2.75, 3.05) is 6.54 Å². The first kappa shape index (κ1) is 21.1. The van der Waals surface area contributed by atoms with Crippen LogP contribution in [0.15, 0.2) is 60.7 Å². The predicted molar refractivity (Wildman–Crippen MR) is 116 cm³/mol. The Bertz CT molecular complexity index is 770. The lowest BCUT2D eigenvalue weighted by Crippen LogP contribution is -2.52. The minimum Gasteiger partial charge on any atom is -0.352 e. The summed E-state index contributed by atoms with van der Waals surface area (Å²) < 4.78 is 0. The molecule has 4 heteroatoms. The molecular formula is C25H32N2O2. The lowest BCUT2D eigenvalue weighted by Gasteiger charge is -2.31. The lowest BCUT2D eigenvalue weighted by molar-refractivity contribution is -0.140. The maximum atomic E-state index is 13.2. The van der Waals surface area contributed by atoms with E-state index in [-0.39, 0.29) is 17.9 Å². The molecule has 2 amide bonds. The van der Waals surface area contributed by atoms with E-state index in [0.717, 1.165) is 24.8 Å². The van der Waals surface area contributed by atoms with Gasteiger partial charge in [-0.1, -0.05) is 80.4 Å². The molecule has 1 saturated carbocycles. The van der Waals surface area contributed by atoms with E-state index >= 15 is 0 Å². The van der Waals surface area contributed by atoms with Crippen LogP contribution < -0.4 is 5.32 Å². The van der Waals surface area contributed by atoms with Gasteiger partial charge in [-0.25, -0.2) is 0 Å². The molecule has 1 N–H and O–H groups in total. The number of benzene rings is 2. The Balaban J connectivity index is 1.73. The monoisotopic (exact) mass is 392 g/mol. The summed E-state index contributed by atoms with van der Waals surface area (Å²) >= 11 is 0. The van der Waals surface area contributed by atoms with Gasteiger partial charge < -0.3 is 10.2 Å². The second-order valence-electron chi connectivity index (χ2n) is 7.90. The molecule has 2 aromatic carbocycles. The van der Waals surface area contributed by atoms with Crippen LogP contribution in [0.3, 0.4) is 0 Å². The molecule has 1 fully saturated rings. The molecule has 0 heterocycles. The van der Waals surface area contributed by atoms with Crippen molar-refractivity contribution < 1.29 is 9.59 Å². The van der Waals surface area contributed by atoms with Crippen LogP contribution in [-0.2, 0) is 22.4 Å². The number of rotatable bonds is 9. The Kier molecular flexibility index (Phi) is 7.85. The molecule has 0 aliphatic heterocycles. The van der Waals surface area contributed by atoms with Crippen molar-refractivity contribution in [3.63, 3.8) is 0 Å². The van der Waals surface area contributed by atoms with Gasteiger partial charge in [0, 0.05) is 12.6 Å². The van der Waals surface area contributed by atoms with Crippen molar-refractivity contribution in [3.05, 3.63) is 71.8 Å². The van der Waals surface area contributed by atoms with E-state index in [0.29, 0.717) is 19.4 Å². The fraction of sp³-hybridized carbons (Fsp3) is 0.440. The number of carbonyl (C=O) groups is 2. The highest BCUT2D eigenvalue weighted by atomic mass is 16.2. The van der Waals surface area contributed by atoms with Crippen LogP contribution in [-0.4, -0.2) is 35.3 Å². The van der Waals surface area contributed by atoms with Gasteiger partial charge in [0.05, 0.1) is 6.42 Å². The van der Waals surface area contributed by atoms with Gasteiger partial charge in [0.2, 0.25) is 11.8 Å². The zero-order valence-electron chi connectivity index (χ0n) is 17.3. The van der Waals surface area contributed by atoms with Crippen LogP contribution in [0, 0.1) is 0 Å². The molecule has 0 spiro atoms.